The van der Waals surface area contributed by atoms with Gasteiger partial charge in [-0.1, -0.05) is 0 Å². The van der Waals surface area contributed by atoms with Gasteiger partial charge in [0, 0.05) is 0 Å². The molecule has 0 rings (SSSR count). The van der Waals surface area contributed by atoms with Gasteiger partial charge in [0.1, 0.15) is 0 Å². The predicted octanol–water partition coefficient (Wildman–Crippen LogP) is 3.77. The van der Waals surface area contributed by atoms with Crippen molar-refractivity contribution in [2.45, 2.75) is 18.3 Å². The maximum absolute atomic E-state index is 3.62. The molecule has 0 spiro atoms. The maximum atomic E-state index is 3.62. The van der Waals surface area contributed by atoms with E-state index in [4.69, 9.17) is 0 Å². The summed E-state index contributed by atoms with van der Waals surface area (Å²) in [5, 5.41) is 0. The van der Waals surface area contributed by atoms with Crippen LogP contribution in [0.25, 0.3) is 0 Å². The standard InChI is InChI=1S/C4H9.3BrH.Sn/c1-4(2)3;;;;/h4H,1H2,2-3H3;3*1H;/q;;;;+3/p-3. The first-order valence-corrected chi connectivity index (χ1v) is 23.7. The Morgan fingerprint density at radius 1 is 1.25 bits per heavy atom. The van der Waals surface area contributed by atoms with Gasteiger partial charge in [0.25, 0.3) is 0 Å². The van der Waals surface area contributed by atoms with Crippen molar-refractivity contribution in [3.8, 4) is 0 Å². The molecule has 8 heavy (non-hydrogen) atoms. The summed E-state index contributed by atoms with van der Waals surface area (Å²) in [6, 6.07) is 0. The summed E-state index contributed by atoms with van der Waals surface area (Å²) in [5.41, 5.74) is 0. The first-order valence-electron chi connectivity index (χ1n) is 2.48. The van der Waals surface area contributed by atoms with E-state index in [-0.39, 0.29) is 0 Å². The van der Waals surface area contributed by atoms with Gasteiger partial charge in [0.2, 0.25) is 0 Å². The van der Waals surface area contributed by atoms with Crippen LogP contribution in [-0.4, -0.2) is 11.7 Å². The van der Waals surface area contributed by atoms with Gasteiger partial charge in [-0.25, -0.2) is 0 Å². The fraction of sp³-hybridized carbons (Fsp3) is 1.00. The summed E-state index contributed by atoms with van der Waals surface area (Å²) in [5.74, 6) is 0.795. The zero-order chi connectivity index (χ0) is 6.78. The van der Waals surface area contributed by atoms with Crippen molar-refractivity contribution in [1.29, 1.82) is 0 Å². The van der Waals surface area contributed by atoms with Crippen LogP contribution in [0.1, 0.15) is 13.8 Å². The number of rotatable bonds is 2. The molecule has 0 aromatic rings. The summed E-state index contributed by atoms with van der Waals surface area (Å²) < 4.78 is 1.29. The van der Waals surface area contributed by atoms with Gasteiger partial charge in [-0.15, -0.1) is 0 Å². The van der Waals surface area contributed by atoms with E-state index in [1.807, 2.05) is 0 Å². The van der Waals surface area contributed by atoms with Crippen LogP contribution in [0.4, 0.5) is 0 Å². The molecule has 0 aliphatic carbocycles. The Hall–Kier alpha value is 2.24. The molecule has 0 saturated carbocycles. The van der Waals surface area contributed by atoms with Gasteiger partial charge < -0.3 is 0 Å². The van der Waals surface area contributed by atoms with Crippen LogP contribution in [0, 0.1) is 5.92 Å². The van der Waals surface area contributed by atoms with Crippen LogP contribution in [0.3, 0.4) is 0 Å². The zero-order valence-electron chi connectivity index (χ0n) is 4.92. The van der Waals surface area contributed by atoms with Crippen LogP contribution in [0.5, 0.6) is 0 Å². The molecule has 0 aromatic heterocycles. The fourth-order valence-corrected chi connectivity index (χ4v) is 16.1. The van der Waals surface area contributed by atoms with Crippen molar-refractivity contribution in [2.75, 3.05) is 0 Å². The normalized spacial score (nSPS) is 12.8. The molecular weight excluding hydrogens is 406 g/mol. The molecule has 0 heterocycles. The first-order chi connectivity index (χ1) is 3.42. The SMILES string of the molecule is CC(C)[CH2][Sn]([Br])([Br])[Br]. The van der Waals surface area contributed by atoms with Crippen molar-refractivity contribution in [3.05, 3.63) is 0 Å². The second-order valence-electron chi connectivity index (χ2n) is 2.21. The topological polar surface area (TPSA) is 0 Å². The van der Waals surface area contributed by atoms with Crippen molar-refractivity contribution in [2.24, 2.45) is 5.92 Å². The van der Waals surface area contributed by atoms with Gasteiger partial charge in [-0.3, -0.25) is 0 Å². The van der Waals surface area contributed by atoms with Gasteiger partial charge >= 0.3 is 74.0 Å². The van der Waals surface area contributed by atoms with Crippen molar-refractivity contribution < 1.29 is 0 Å². The molecule has 4 heteroatoms. The third-order valence-corrected chi connectivity index (χ3v) is 10.8. The second kappa shape index (κ2) is 4.19. The van der Waals surface area contributed by atoms with E-state index in [9.17, 15) is 0 Å². The molecule has 0 atom stereocenters. The molecule has 0 aliphatic heterocycles. The second-order valence-corrected chi connectivity index (χ2v) is 55.5. The van der Waals surface area contributed by atoms with E-state index in [0.717, 1.165) is 5.92 Å². The first kappa shape index (κ1) is 10.2. The molecule has 0 radical (unpaired) electrons. The minimum atomic E-state index is -1.92. The van der Waals surface area contributed by atoms with Gasteiger partial charge in [-0.05, 0) is 0 Å². The van der Waals surface area contributed by atoms with E-state index < -0.39 is 11.7 Å². The third-order valence-electron chi connectivity index (χ3n) is 0.640. The number of halogens is 3. The molecule has 0 aromatic carbocycles. The molecule has 0 bridgehead atoms. The van der Waals surface area contributed by atoms with Crippen LogP contribution >= 0.6 is 38.1 Å². The van der Waals surface area contributed by atoms with Gasteiger partial charge in [0.05, 0.1) is 0 Å². The summed E-state index contributed by atoms with van der Waals surface area (Å²) in [6.07, 6.45) is 0. The minimum absolute atomic E-state index is 0.795. The van der Waals surface area contributed by atoms with Crippen LogP contribution in [0.15, 0.2) is 0 Å². The zero-order valence-corrected chi connectivity index (χ0v) is 12.5. The van der Waals surface area contributed by atoms with Gasteiger partial charge in [-0.2, -0.15) is 0 Å². The molecular formula is C4H9Br3Sn. The predicted molar refractivity (Wildman–Crippen MR) is 52.2 cm³/mol. The molecule has 0 saturated heterocycles. The molecule has 0 amide bonds. The van der Waals surface area contributed by atoms with Crippen molar-refractivity contribution >= 4 is 49.8 Å². The van der Waals surface area contributed by atoms with E-state index in [1.54, 1.807) is 0 Å². The summed E-state index contributed by atoms with van der Waals surface area (Å²) in [7, 11) is 0. The van der Waals surface area contributed by atoms with Crippen LogP contribution in [0.2, 0.25) is 4.44 Å². The van der Waals surface area contributed by atoms with E-state index in [2.05, 4.69) is 52.0 Å². The van der Waals surface area contributed by atoms with Crippen molar-refractivity contribution in [1.82, 2.24) is 0 Å². The Labute approximate surface area is 72.9 Å². The van der Waals surface area contributed by atoms with Gasteiger partial charge in [0.15, 0.2) is 0 Å². The quantitative estimate of drug-likeness (QED) is 0.603. The molecule has 0 N–H and O–H groups in total. The van der Waals surface area contributed by atoms with Crippen LogP contribution < -0.4 is 0 Å². The van der Waals surface area contributed by atoms with E-state index >= 15 is 0 Å². The molecule has 0 aliphatic rings. The Morgan fingerprint density at radius 3 is 1.62 bits per heavy atom. The Kier molecular flexibility index (Phi) is 5.36. The van der Waals surface area contributed by atoms with E-state index in [0.29, 0.717) is 0 Å². The number of hydrogen-bond acceptors (Lipinski definition) is 0. The summed E-state index contributed by atoms with van der Waals surface area (Å²) in [4.78, 5) is 0. The fourth-order valence-electron chi connectivity index (χ4n) is 0.463. The molecule has 0 unspecified atom stereocenters. The molecule has 0 nitrogen and oxygen atoms in total. The average molecular weight is 416 g/mol. The third kappa shape index (κ3) is 8.24. The van der Waals surface area contributed by atoms with Crippen LogP contribution in [-0.2, 0) is 0 Å². The summed E-state index contributed by atoms with van der Waals surface area (Å²) in [6.45, 7) is 4.46. The average Bonchev–Trinajstić information content (AvgIpc) is 1.21. The number of hydrogen-bond donors (Lipinski definition) is 0. The van der Waals surface area contributed by atoms with Crippen molar-refractivity contribution in [3.63, 3.8) is 0 Å². The Morgan fingerprint density at radius 2 is 1.62 bits per heavy atom. The summed E-state index contributed by atoms with van der Waals surface area (Å²) >= 11 is 8.95. The monoisotopic (exact) mass is 414 g/mol. The Bertz CT molecular complexity index is 66.2. The Balaban J connectivity index is 3.39. The molecule has 50 valence electrons. The van der Waals surface area contributed by atoms with E-state index in [1.165, 1.54) is 4.44 Å². The molecule has 0 fully saturated rings.